The number of aromatic nitrogens is 3. The van der Waals surface area contributed by atoms with Crippen LogP contribution in [0.5, 0.6) is 0 Å². The van der Waals surface area contributed by atoms with Gasteiger partial charge in [0.05, 0.1) is 16.5 Å². The van der Waals surface area contributed by atoms with Gasteiger partial charge >= 0.3 is 0 Å². The Morgan fingerprint density at radius 3 is 2.70 bits per heavy atom. The Morgan fingerprint density at radius 2 is 2.00 bits per heavy atom. The molecule has 0 aliphatic carbocycles. The predicted molar refractivity (Wildman–Crippen MR) is 109 cm³/mol. The van der Waals surface area contributed by atoms with Crippen molar-refractivity contribution in [2.45, 2.75) is 18.7 Å². The topological polar surface area (TPSA) is 130 Å². The third-order valence-electron chi connectivity index (χ3n) is 4.32. The lowest BCUT2D eigenvalue weighted by Crippen LogP contribution is -2.30. The summed E-state index contributed by atoms with van der Waals surface area (Å²) in [6.07, 6.45) is 0. The summed E-state index contributed by atoms with van der Waals surface area (Å²) < 4.78 is 26.8. The first-order valence-electron chi connectivity index (χ1n) is 9.18. The number of nitrogens with one attached hydrogen (secondary N) is 1. The lowest BCUT2D eigenvalue weighted by atomic mass is 10.2. The van der Waals surface area contributed by atoms with Crippen LogP contribution in [-0.4, -0.2) is 53.5 Å². The summed E-state index contributed by atoms with van der Waals surface area (Å²) in [6.45, 7) is 3.83. The first kappa shape index (κ1) is 21.2. The van der Waals surface area contributed by atoms with E-state index < -0.39 is 15.9 Å². The normalized spacial score (nSPS) is 11.4. The molecule has 30 heavy (non-hydrogen) atoms. The minimum atomic E-state index is -3.66. The van der Waals surface area contributed by atoms with Gasteiger partial charge in [-0.3, -0.25) is 4.79 Å². The van der Waals surface area contributed by atoms with Crippen LogP contribution < -0.4 is 10.2 Å². The molecule has 0 saturated heterocycles. The second-order valence-corrected chi connectivity index (χ2v) is 8.15. The van der Waals surface area contributed by atoms with Crippen molar-refractivity contribution in [1.29, 1.82) is 5.26 Å². The van der Waals surface area contributed by atoms with Crippen LogP contribution in [0.15, 0.2) is 47.4 Å². The summed E-state index contributed by atoms with van der Waals surface area (Å²) in [5, 5.41) is 19.3. The average molecular weight is 428 g/mol. The monoisotopic (exact) mass is 428 g/mol. The highest BCUT2D eigenvalue weighted by molar-refractivity contribution is 7.89. The molecule has 1 aromatic heterocycles. The molecular weight excluding hydrogens is 408 g/mol. The number of carbonyl (C=O) groups is 1. The number of carbonyl (C=O) groups excluding carboxylic acids is 1. The molecule has 1 heterocycles. The van der Waals surface area contributed by atoms with E-state index in [1.54, 1.807) is 32.0 Å². The third-order valence-corrected chi connectivity index (χ3v) is 6.37. The van der Waals surface area contributed by atoms with E-state index in [-0.39, 0.29) is 11.5 Å². The van der Waals surface area contributed by atoms with Crippen LogP contribution >= 0.6 is 0 Å². The van der Waals surface area contributed by atoms with E-state index in [1.807, 2.05) is 6.07 Å². The van der Waals surface area contributed by atoms with Crippen molar-refractivity contribution in [3.63, 3.8) is 0 Å². The Hall–Kier alpha value is -3.49. The number of nitriles is 1. The van der Waals surface area contributed by atoms with E-state index in [9.17, 15) is 13.2 Å². The largest absolute Gasteiger partial charge is 0.385 e. The van der Waals surface area contributed by atoms with Gasteiger partial charge in [0.25, 0.3) is 5.91 Å². The molecule has 2 aromatic carbocycles. The van der Waals surface area contributed by atoms with Gasteiger partial charge in [-0.05, 0) is 41.6 Å². The fourth-order valence-corrected chi connectivity index (χ4v) is 4.31. The number of rotatable bonds is 8. The Morgan fingerprint density at radius 1 is 1.23 bits per heavy atom. The van der Waals surface area contributed by atoms with Crippen molar-refractivity contribution in [1.82, 2.24) is 19.5 Å². The van der Waals surface area contributed by atoms with Gasteiger partial charge < -0.3 is 10.2 Å². The summed E-state index contributed by atoms with van der Waals surface area (Å²) in [6, 6.07) is 12.9. The van der Waals surface area contributed by atoms with E-state index in [1.165, 1.54) is 28.6 Å². The van der Waals surface area contributed by atoms with E-state index in [0.29, 0.717) is 35.4 Å². The molecule has 1 N–H and O–H groups in total. The fraction of sp³-hybridized carbons (Fsp3) is 0.263. The van der Waals surface area contributed by atoms with Gasteiger partial charge in [0, 0.05) is 18.8 Å². The third kappa shape index (κ3) is 4.40. The summed E-state index contributed by atoms with van der Waals surface area (Å²) in [7, 11) is -3.66. The van der Waals surface area contributed by atoms with Crippen molar-refractivity contribution >= 4 is 32.7 Å². The quantitative estimate of drug-likeness (QED) is 0.574. The zero-order valence-electron chi connectivity index (χ0n) is 16.4. The Balaban J connectivity index is 1.76. The van der Waals surface area contributed by atoms with Crippen molar-refractivity contribution in [3.8, 4) is 6.07 Å². The number of nitrogens with zero attached hydrogens (tertiary/aromatic N) is 5. The molecule has 1 amide bonds. The fourth-order valence-electron chi connectivity index (χ4n) is 2.83. The Bertz CT molecular complexity index is 1210. The molecule has 3 aromatic rings. The van der Waals surface area contributed by atoms with E-state index in [4.69, 9.17) is 10.1 Å². The minimum Gasteiger partial charge on any atom is -0.385 e. The molecule has 0 spiro atoms. The van der Waals surface area contributed by atoms with Crippen LogP contribution in [0.25, 0.3) is 11.0 Å². The summed E-state index contributed by atoms with van der Waals surface area (Å²) in [4.78, 5) is 18.6. The van der Waals surface area contributed by atoms with Crippen molar-refractivity contribution < 1.29 is 18.0 Å². The highest BCUT2D eigenvalue weighted by Gasteiger charge is 2.23. The van der Waals surface area contributed by atoms with Gasteiger partial charge in [-0.1, -0.05) is 24.8 Å². The Kier molecular flexibility index (Phi) is 6.29. The number of amides is 1. The highest BCUT2D eigenvalue weighted by atomic mass is 32.2. The van der Waals surface area contributed by atoms with Crippen LogP contribution in [0.2, 0.25) is 0 Å². The van der Waals surface area contributed by atoms with Crippen LogP contribution in [0.4, 0.5) is 5.69 Å². The van der Waals surface area contributed by atoms with Crippen LogP contribution in [-0.2, 0) is 14.8 Å². The number of benzene rings is 2. The molecule has 0 radical (unpaired) electrons. The molecule has 11 heteroatoms. The first-order valence-corrected chi connectivity index (χ1v) is 10.6. The number of sulfonamides is 1. The van der Waals surface area contributed by atoms with E-state index in [2.05, 4.69) is 15.6 Å². The van der Waals surface area contributed by atoms with Gasteiger partial charge in [0.2, 0.25) is 10.0 Å². The minimum absolute atomic E-state index is 0.0867. The zero-order valence-corrected chi connectivity index (χ0v) is 17.3. The smallest absolute Gasteiger partial charge is 0.265 e. The van der Waals surface area contributed by atoms with Crippen LogP contribution in [0, 0.1) is 11.3 Å². The van der Waals surface area contributed by atoms with Crippen LogP contribution in [0.3, 0.4) is 0 Å². The zero-order chi connectivity index (χ0) is 21.7. The summed E-state index contributed by atoms with van der Waals surface area (Å²) >= 11 is 0. The van der Waals surface area contributed by atoms with Crippen LogP contribution in [0.1, 0.15) is 19.4 Å². The molecule has 10 nitrogen and oxygen atoms in total. The summed E-state index contributed by atoms with van der Waals surface area (Å²) in [5.74, 6) is -0.472. The van der Waals surface area contributed by atoms with Gasteiger partial charge in [-0.15, -0.1) is 5.10 Å². The van der Waals surface area contributed by atoms with Gasteiger partial charge in [0.15, 0.2) is 6.61 Å². The standard InChI is InChI=1S/C19H20N6O4S/c1-3-24(4-2)30(27,28)16-8-9-17-18(11-16)25(23-22-17)29-13-19(26)21-15-7-5-6-14(10-15)12-20/h5-11H,3-4,13H2,1-2H3,(H,21,26). The SMILES string of the molecule is CCN(CC)S(=O)(=O)c1ccc2nnn(OCC(=O)Nc3cccc(C#N)c3)c2c1. The molecule has 0 unspecified atom stereocenters. The molecule has 0 fully saturated rings. The lowest BCUT2D eigenvalue weighted by Gasteiger charge is -2.18. The molecule has 0 atom stereocenters. The molecule has 0 bridgehead atoms. The maximum absolute atomic E-state index is 12.7. The second kappa shape index (κ2) is 8.89. The van der Waals surface area contributed by atoms with Crippen molar-refractivity contribution in [2.24, 2.45) is 0 Å². The first-order chi connectivity index (χ1) is 14.4. The molecule has 0 aliphatic heterocycles. The highest BCUT2D eigenvalue weighted by Crippen LogP contribution is 2.20. The van der Waals surface area contributed by atoms with E-state index in [0.717, 1.165) is 4.85 Å². The van der Waals surface area contributed by atoms with Gasteiger partial charge in [-0.2, -0.15) is 9.57 Å². The average Bonchev–Trinajstić information content (AvgIpc) is 3.15. The van der Waals surface area contributed by atoms with Gasteiger partial charge in [0.1, 0.15) is 11.0 Å². The molecular formula is C19H20N6O4S. The number of hydrogen-bond acceptors (Lipinski definition) is 7. The predicted octanol–water partition coefficient (Wildman–Crippen LogP) is 1.40. The van der Waals surface area contributed by atoms with Crippen molar-refractivity contribution in [3.05, 3.63) is 48.0 Å². The molecule has 3 rings (SSSR count). The van der Waals surface area contributed by atoms with Crippen molar-refractivity contribution in [2.75, 3.05) is 25.0 Å². The second-order valence-electron chi connectivity index (χ2n) is 6.22. The van der Waals surface area contributed by atoms with E-state index >= 15 is 0 Å². The number of anilines is 1. The van der Waals surface area contributed by atoms with Gasteiger partial charge in [-0.25, -0.2) is 8.42 Å². The maximum atomic E-state index is 12.7. The molecule has 156 valence electrons. The number of fused-ring (bicyclic) bond motifs is 1. The molecule has 0 saturated carbocycles. The molecule has 0 aliphatic rings. The summed E-state index contributed by atoms with van der Waals surface area (Å²) in [5.41, 5.74) is 1.62. The maximum Gasteiger partial charge on any atom is 0.265 e. The lowest BCUT2D eigenvalue weighted by molar-refractivity contribution is -0.121. The Labute approximate surface area is 173 Å². The number of hydrogen-bond donors (Lipinski definition) is 1.